The van der Waals surface area contributed by atoms with Crippen LogP contribution in [0.2, 0.25) is 0 Å². The Balaban J connectivity index is 3.51. The highest BCUT2D eigenvalue weighted by Gasteiger charge is 2.05. The summed E-state index contributed by atoms with van der Waals surface area (Å²) < 4.78 is 0. The molecule has 0 aliphatic heterocycles. The Labute approximate surface area is 72.8 Å². The normalized spacial score (nSPS) is 10.8. The standard InChI is InChI=1S/C9H11N3/c10-6-2-1-4-9(8-12)5-3-7-11/h9H,1-5H2. The third kappa shape index (κ3) is 5.27. The summed E-state index contributed by atoms with van der Waals surface area (Å²) in [4.78, 5) is 0. The van der Waals surface area contributed by atoms with Gasteiger partial charge in [-0.15, -0.1) is 0 Å². The number of hydrogen-bond acceptors (Lipinski definition) is 3. The van der Waals surface area contributed by atoms with E-state index in [9.17, 15) is 0 Å². The summed E-state index contributed by atoms with van der Waals surface area (Å²) in [5.74, 6) is -0.0435. The largest absolute Gasteiger partial charge is 0.198 e. The van der Waals surface area contributed by atoms with Crippen LogP contribution in [-0.4, -0.2) is 0 Å². The third-order valence-electron chi connectivity index (χ3n) is 1.63. The number of hydrogen-bond donors (Lipinski definition) is 0. The third-order valence-corrected chi connectivity index (χ3v) is 1.63. The zero-order valence-corrected chi connectivity index (χ0v) is 6.95. The SMILES string of the molecule is N#CCCCC(C#N)CCC#N. The minimum absolute atomic E-state index is 0.0435. The average Bonchev–Trinajstić information content (AvgIpc) is 2.11. The van der Waals surface area contributed by atoms with Crippen LogP contribution >= 0.6 is 0 Å². The monoisotopic (exact) mass is 161 g/mol. The summed E-state index contributed by atoms with van der Waals surface area (Å²) in [6, 6.07) is 6.17. The van der Waals surface area contributed by atoms with E-state index in [2.05, 4.69) is 6.07 Å². The minimum Gasteiger partial charge on any atom is -0.198 e. The molecule has 0 saturated heterocycles. The molecule has 1 unspecified atom stereocenters. The van der Waals surface area contributed by atoms with Crippen molar-refractivity contribution in [3.8, 4) is 18.2 Å². The Morgan fingerprint density at radius 1 is 0.917 bits per heavy atom. The second-order valence-corrected chi connectivity index (χ2v) is 2.57. The molecule has 3 heteroatoms. The molecule has 0 aromatic carbocycles. The van der Waals surface area contributed by atoms with Gasteiger partial charge in [-0.25, -0.2) is 0 Å². The van der Waals surface area contributed by atoms with Crippen LogP contribution in [0, 0.1) is 39.9 Å². The second-order valence-electron chi connectivity index (χ2n) is 2.57. The summed E-state index contributed by atoms with van der Waals surface area (Å²) in [7, 11) is 0. The molecular formula is C9H11N3. The molecular weight excluding hydrogens is 150 g/mol. The Kier molecular flexibility index (Phi) is 6.61. The lowest BCUT2D eigenvalue weighted by molar-refractivity contribution is 0.544. The van der Waals surface area contributed by atoms with Gasteiger partial charge in [0.05, 0.1) is 18.2 Å². The van der Waals surface area contributed by atoms with E-state index in [1.807, 2.05) is 12.1 Å². The molecule has 0 N–H and O–H groups in total. The van der Waals surface area contributed by atoms with Gasteiger partial charge >= 0.3 is 0 Å². The first-order chi connectivity index (χ1) is 5.85. The summed E-state index contributed by atoms with van der Waals surface area (Å²) in [6.45, 7) is 0. The highest BCUT2D eigenvalue weighted by molar-refractivity contribution is 4.86. The summed E-state index contributed by atoms with van der Waals surface area (Å²) >= 11 is 0. The van der Waals surface area contributed by atoms with E-state index in [-0.39, 0.29) is 5.92 Å². The van der Waals surface area contributed by atoms with Crippen LogP contribution in [0.1, 0.15) is 32.1 Å². The molecule has 0 spiro atoms. The highest BCUT2D eigenvalue weighted by Crippen LogP contribution is 2.12. The van der Waals surface area contributed by atoms with E-state index < -0.39 is 0 Å². The van der Waals surface area contributed by atoms with Crippen molar-refractivity contribution in [2.45, 2.75) is 32.1 Å². The molecule has 1 atom stereocenters. The zero-order chi connectivity index (χ0) is 9.23. The van der Waals surface area contributed by atoms with Gasteiger partial charge in [-0.05, 0) is 19.3 Å². The molecule has 0 aliphatic carbocycles. The van der Waals surface area contributed by atoms with E-state index in [0.717, 1.165) is 12.8 Å². The van der Waals surface area contributed by atoms with Crippen molar-refractivity contribution in [2.24, 2.45) is 5.92 Å². The maximum absolute atomic E-state index is 8.61. The van der Waals surface area contributed by atoms with Gasteiger partial charge in [0, 0.05) is 18.8 Å². The second kappa shape index (κ2) is 7.58. The Hall–Kier alpha value is -1.53. The fraction of sp³-hybridized carbons (Fsp3) is 0.667. The minimum atomic E-state index is -0.0435. The zero-order valence-electron chi connectivity index (χ0n) is 6.95. The first-order valence-electron chi connectivity index (χ1n) is 3.98. The fourth-order valence-corrected chi connectivity index (χ4v) is 0.940. The fourth-order valence-electron chi connectivity index (χ4n) is 0.940. The van der Waals surface area contributed by atoms with Gasteiger partial charge < -0.3 is 0 Å². The van der Waals surface area contributed by atoms with Gasteiger partial charge in [-0.1, -0.05) is 0 Å². The lowest BCUT2D eigenvalue weighted by Crippen LogP contribution is -1.96. The van der Waals surface area contributed by atoms with Crippen molar-refractivity contribution in [1.82, 2.24) is 0 Å². The first-order valence-corrected chi connectivity index (χ1v) is 3.98. The van der Waals surface area contributed by atoms with Gasteiger partial charge in [0.1, 0.15) is 0 Å². The number of nitrogens with zero attached hydrogens (tertiary/aromatic N) is 3. The topological polar surface area (TPSA) is 71.4 Å². The molecule has 0 aromatic heterocycles. The number of rotatable bonds is 5. The molecule has 0 bridgehead atoms. The first kappa shape index (κ1) is 10.5. The van der Waals surface area contributed by atoms with Gasteiger partial charge in [-0.2, -0.15) is 15.8 Å². The Morgan fingerprint density at radius 3 is 2.08 bits per heavy atom. The Morgan fingerprint density at radius 2 is 1.58 bits per heavy atom. The lowest BCUT2D eigenvalue weighted by Gasteiger charge is -2.02. The van der Waals surface area contributed by atoms with Crippen molar-refractivity contribution in [3.63, 3.8) is 0 Å². The predicted molar refractivity (Wildman–Crippen MR) is 43.4 cm³/mol. The van der Waals surface area contributed by atoms with Crippen LogP contribution in [0.4, 0.5) is 0 Å². The number of nitriles is 3. The smallest absolute Gasteiger partial charge is 0.0656 e. The predicted octanol–water partition coefficient (Wildman–Crippen LogP) is 2.12. The van der Waals surface area contributed by atoms with Crippen LogP contribution < -0.4 is 0 Å². The lowest BCUT2D eigenvalue weighted by atomic mass is 9.99. The molecule has 0 fully saturated rings. The highest BCUT2D eigenvalue weighted by atomic mass is 14.3. The van der Waals surface area contributed by atoms with E-state index in [1.54, 1.807) is 0 Å². The summed E-state index contributed by atoms with van der Waals surface area (Å²) in [5, 5.41) is 25.1. The maximum Gasteiger partial charge on any atom is 0.0656 e. The van der Waals surface area contributed by atoms with Crippen LogP contribution in [0.5, 0.6) is 0 Å². The van der Waals surface area contributed by atoms with Gasteiger partial charge in [0.25, 0.3) is 0 Å². The van der Waals surface area contributed by atoms with Gasteiger partial charge in [-0.3, -0.25) is 0 Å². The van der Waals surface area contributed by atoms with Crippen molar-refractivity contribution in [1.29, 1.82) is 15.8 Å². The van der Waals surface area contributed by atoms with E-state index in [1.165, 1.54) is 0 Å². The van der Waals surface area contributed by atoms with Gasteiger partial charge in [0.2, 0.25) is 0 Å². The van der Waals surface area contributed by atoms with Gasteiger partial charge in [0.15, 0.2) is 0 Å². The van der Waals surface area contributed by atoms with Crippen molar-refractivity contribution < 1.29 is 0 Å². The van der Waals surface area contributed by atoms with Crippen LogP contribution in [0.3, 0.4) is 0 Å². The van der Waals surface area contributed by atoms with Crippen LogP contribution in [0.25, 0.3) is 0 Å². The van der Waals surface area contributed by atoms with Crippen molar-refractivity contribution in [3.05, 3.63) is 0 Å². The summed E-state index contributed by atoms with van der Waals surface area (Å²) in [5.41, 5.74) is 0. The van der Waals surface area contributed by atoms with Crippen molar-refractivity contribution >= 4 is 0 Å². The number of unbranched alkanes of at least 4 members (excludes halogenated alkanes) is 1. The van der Waals surface area contributed by atoms with E-state index in [4.69, 9.17) is 15.8 Å². The molecule has 0 aliphatic rings. The molecule has 0 heterocycles. The molecule has 62 valence electrons. The Bertz CT molecular complexity index is 226. The van der Waals surface area contributed by atoms with E-state index in [0.29, 0.717) is 19.3 Å². The quantitative estimate of drug-likeness (QED) is 0.580. The molecule has 0 aromatic rings. The molecule has 0 amide bonds. The molecule has 3 nitrogen and oxygen atoms in total. The molecule has 12 heavy (non-hydrogen) atoms. The van der Waals surface area contributed by atoms with Crippen molar-refractivity contribution in [2.75, 3.05) is 0 Å². The average molecular weight is 161 g/mol. The van der Waals surface area contributed by atoms with E-state index >= 15 is 0 Å². The molecule has 0 radical (unpaired) electrons. The maximum atomic E-state index is 8.61. The van der Waals surface area contributed by atoms with Crippen LogP contribution in [-0.2, 0) is 0 Å². The molecule has 0 saturated carbocycles. The summed E-state index contributed by atoms with van der Waals surface area (Å²) in [6.07, 6.45) is 3.08. The van der Waals surface area contributed by atoms with Crippen LogP contribution in [0.15, 0.2) is 0 Å². The molecule has 0 rings (SSSR count).